The molecule has 2 aliphatic rings. The maximum atomic E-state index is 12.6. The summed E-state index contributed by atoms with van der Waals surface area (Å²) in [6, 6.07) is 11.9. The summed E-state index contributed by atoms with van der Waals surface area (Å²) in [6.07, 6.45) is 5.80. The Balaban J connectivity index is 1.25. The monoisotopic (exact) mass is 427 g/mol. The van der Waals surface area contributed by atoms with E-state index in [9.17, 15) is 9.59 Å². The van der Waals surface area contributed by atoms with Gasteiger partial charge in [0.25, 0.3) is 5.91 Å². The van der Waals surface area contributed by atoms with Crippen LogP contribution in [0.1, 0.15) is 41.1 Å². The van der Waals surface area contributed by atoms with Crippen molar-refractivity contribution in [3.05, 3.63) is 64.4 Å². The first kappa shape index (κ1) is 18.2. The molecule has 2 heterocycles. The normalized spacial score (nSPS) is 22.3. The molecule has 4 rings (SSSR count). The third-order valence-corrected chi connectivity index (χ3v) is 6.01. The van der Waals surface area contributed by atoms with Crippen LogP contribution in [0.2, 0.25) is 0 Å². The number of likely N-dealkylation sites (tertiary alicyclic amines) is 1. The van der Waals surface area contributed by atoms with Gasteiger partial charge in [-0.15, -0.1) is 0 Å². The van der Waals surface area contributed by atoms with Gasteiger partial charge in [-0.3, -0.25) is 14.6 Å². The Labute approximate surface area is 167 Å². The van der Waals surface area contributed by atoms with E-state index in [2.05, 4.69) is 38.4 Å². The van der Waals surface area contributed by atoms with E-state index < -0.39 is 0 Å². The van der Waals surface area contributed by atoms with Gasteiger partial charge in [-0.05, 0) is 55.0 Å². The largest absolute Gasteiger partial charge is 0.353 e. The fraction of sp³-hybridized carbons (Fsp3) is 0.381. The van der Waals surface area contributed by atoms with Crippen molar-refractivity contribution in [3.63, 3.8) is 0 Å². The summed E-state index contributed by atoms with van der Waals surface area (Å²) < 4.78 is 1.06. The molecule has 1 saturated carbocycles. The van der Waals surface area contributed by atoms with E-state index in [0.717, 1.165) is 23.7 Å². The van der Waals surface area contributed by atoms with E-state index in [1.54, 1.807) is 24.5 Å². The zero-order chi connectivity index (χ0) is 18.8. The summed E-state index contributed by atoms with van der Waals surface area (Å²) in [5, 5.41) is 3.20. The molecule has 1 aromatic carbocycles. The van der Waals surface area contributed by atoms with Crippen molar-refractivity contribution in [2.75, 3.05) is 13.1 Å². The number of hydrogen-bond acceptors (Lipinski definition) is 3. The molecule has 27 heavy (non-hydrogen) atoms. The fourth-order valence-corrected chi connectivity index (χ4v) is 4.04. The summed E-state index contributed by atoms with van der Waals surface area (Å²) in [5.74, 6) is 0.621. The SMILES string of the molecule is O=C(NC1CCN(C(=O)c2ccncc2)CC1)C1CC1c1ccc(Br)cc1. The number of pyridine rings is 1. The van der Waals surface area contributed by atoms with E-state index in [1.807, 2.05) is 17.0 Å². The summed E-state index contributed by atoms with van der Waals surface area (Å²) >= 11 is 3.44. The maximum absolute atomic E-state index is 12.6. The van der Waals surface area contributed by atoms with Gasteiger partial charge in [0.2, 0.25) is 5.91 Å². The molecule has 2 atom stereocenters. The molecule has 2 unspecified atom stereocenters. The first-order chi connectivity index (χ1) is 13.1. The summed E-state index contributed by atoms with van der Waals surface area (Å²) in [6.45, 7) is 1.35. The number of aromatic nitrogens is 1. The van der Waals surface area contributed by atoms with Gasteiger partial charge in [-0.2, -0.15) is 0 Å². The Hall–Kier alpha value is -2.21. The molecular weight excluding hydrogens is 406 g/mol. The Morgan fingerprint density at radius 1 is 1.04 bits per heavy atom. The lowest BCUT2D eigenvalue weighted by atomic mass is 10.0. The average molecular weight is 428 g/mol. The molecule has 1 aliphatic heterocycles. The molecule has 1 saturated heterocycles. The van der Waals surface area contributed by atoms with Crippen LogP contribution in [0.4, 0.5) is 0 Å². The predicted octanol–water partition coefficient (Wildman–Crippen LogP) is 3.37. The third kappa shape index (κ3) is 4.21. The molecule has 0 bridgehead atoms. The highest BCUT2D eigenvalue weighted by atomic mass is 79.9. The van der Waals surface area contributed by atoms with Crippen molar-refractivity contribution >= 4 is 27.7 Å². The highest BCUT2D eigenvalue weighted by Crippen LogP contribution is 2.47. The molecule has 2 aromatic rings. The van der Waals surface area contributed by atoms with E-state index in [0.29, 0.717) is 24.6 Å². The van der Waals surface area contributed by atoms with Crippen molar-refractivity contribution < 1.29 is 9.59 Å². The third-order valence-electron chi connectivity index (χ3n) is 5.48. The first-order valence-corrected chi connectivity index (χ1v) is 10.2. The number of amides is 2. The molecule has 6 heteroatoms. The van der Waals surface area contributed by atoms with Gasteiger partial charge < -0.3 is 10.2 Å². The molecule has 140 valence electrons. The van der Waals surface area contributed by atoms with E-state index in [1.165, 1.54) is 5.56 Å². The minimum atomic E-state index is 0.0414. The highest BCUT2D eigenvalue weighted by Gasteiger charge is 2.44. The van der Waals surface area contributed by atoms with E-state index in [4.69, 9.17) is 0 Å². The van der Waals surface area contributed by atoms with Gasteiger partial charge >= 0.3 is 0 Å². The van der Waals surface area contributed by atoms with Crippen molar-refractivity contribution in [2.45, 2.75) is 31.2 Å². The molecule has 2 fully saturated rings. The van der Waals surface area contributed by atoms with Crippen LogP contribution in [0.25, 0.3) is 0 Å². The smallest absolute Gasteiger partial charge is 0.253 e. The number of rotatable bonds is 4. The lowest BCUT2D eigenvalue weighted by Crippen LogP contribution is -2.47. The number of carbonyl (C=O) groups excluding carboxylic acids is 2. The molecule has 0 radical (unpaired) electrons. The van der Waals surface area contributed by atoms with Crippen LogP contribution in [-0.2, 0) is 4.79 Å². The zero-order valence-electron chi connectivity index (χ0n) is 15.0. The van der Waals surface area contributed by atoms with E-state index in [-0.39, 0.29) is 23.8 Å². The quantitative estimate of drug-likeness (QED) is 0.813. The zero-order valence-corrected chi connectivity index (χ0v) is 16.6. The van der Waals surface area contributed by atoms with E-state index >= 15 is 0 Å². The van der Waals surface area contributed by atoms with Crippen molar-refractivity contribution in [3.8, 4) is 0 Å². The van der Waals surface area contributed by atoms with Crippen LogP contribution in [-0.4, -0.2) is 40.8 Å². The van der Waals surface area contributed by atoms with Crippen molar-refractivity contribution in [1.29, 1.82) is 0 Å². The average Bonchev–Trinajstić information content (AvgIpc) is 3.50. The minimum absolute atomic E-state index is 0.0414. The van der Waals surface area contributed by atoms with Crippen molar-refractivity contribution in [1.82, 2.24) is 15.2 Å². The van der Waals surface area contributed by atoms with Gasteiger partial charge in [0.15, 0.2) is 0 Å². The lowest BCUT2D eigenvalue weighted by molar-refractivity contribution is -0.123. The highest BCUT2D eigenvalue weighted by molar-refractivity contribution is 9.10. The van der Waals surface area contributed by atoms with Gasteiger partial charge in [0.05, 0.1) is 0 Å². The standard InChI is InChI=1S/C21H22BrN3O2/c22-16-3-1-14(2-4-16)18-13-19(18)20(26)24-17-7-11-25(12-8-17)21(27)15-5-9-23-10-6-15/h1-6,9-10,17-19H,7-8,11-13H2,(H,24,26). The van der Waals surface area contributed by atoms with Crippen molar-refractivity contribution in [2.24, 2.45) is 5.92 Å². The van der Waals surface area contributed by atoms with Crippen LogP contribution in [0.5, 0.6) is 0 Å². The number of benzene rings is 1. The number of nitrogens with one attached hydrogen (secondary N) is 1. The Kier molecular flexibility index (Phi) is 5.25. The van der Waals surface area contributed by atoms with Crippen LogP contribution in [0, 0.1) is 5.92 Å². The van der Waals surface area contributed by atoms with Gasteiger partial charge in [-0.1, -0.05) is 28.1 Å². The van der Waals surface area contributed by atoms with Gasteiger partial charge in [0, 0.05) is 47.5 Å². The summed E-state index contributed by atoms with van der Waals surface area (Å²) in [4.78, 5) is 30.8. The molecule has 2 amide bonds. The second-order valence-electron chi connectivity index (χ2n) is 7.31. The summed E-state index contributed by atoms with van der Waals surface area (Å²) in [5.41, 5.74) is 1.90. The molecule has 1 aliphatic carbocycles. The molecule has 1 aromatic heterocycles. The second kappa shape index (κ2) is 7.80. The van der Waals surface area contributed by atoms with Crippen LogP contribution in [0.15, 0.2) is 53.3 Å². The Morgan fingerprint density at radius 3 is 2.37 bits per heavy atom. The molecule has 0 spiro atoms. The number of piperidine rings is 1. The predicted molar refractivity (Wildman–Crippen MR) is 106 cm³/mol. The second-order valence-corrected chi connectivity index (χ2v) is 8.23. The number of carbonyl (C=O) groups is 2. The van der Waals surface area contributed by atoms with Gasteiger partial charge in [-0.25, -0.2) is 0 Å². The Bertz CT molecular complexity index is 817. The number of hydrogen-bond donors (Lipinski definition) is 1. The fourth-order valence-electron chi connectivity index (χ4n) is 3.78. The lowest BCUT2D eigenvalue weighted by Gasteiger charge is -2.32. The molecular formula is C21H22BrN3O2. The van der Waals surface area contributed by atoms with Crippen LogP contribution >= 0.6 is 15.9 Å². The Morgan fingerprint density at radius 2 is 1.70 bits per heavy atom. The first-order valence-electron chi connectivity index (χ1n) is 9.37. The van der Waals surface area contributed by atoms with Crippen LogP contribution in [0.3, 0.4) is 0 Å². The maximum Gasteiger partial charge on any atom is 0.253 e. The number of nitrogens with zero attached hydrogens (tertiary/aromatic N) is 2. The minimum Gasteiger partial charge on any atom is -0.353 e. The van der Waals surface area contributed by atoms with Crippen LogP contribution < -0.4 is 5.32 Å². The number of halogens is 1. The van der Waals surface area contributed by atoms with Gasteiger partial charge in [0.1, 0.15) is 0 Å². The molecule has 1 N–H and O–H groups in total. The summed E-state index contributed by atoms with van der Waals surface area (Å²) in [7, 11) is 0. The molecule has 5 nitrogen and oxygen atoms in total. The topological polar surface area (TPSA) is 62.3 Å².